The topological polar surface area (TPSA) is 56.9 Å². The molecule has 0 radical (unpaired) electrons. The average molecular weight is 271 g/mol. The number of H-pyrrole nitrogens is 1. The molecule has 1 aliphatic rings. The molecule has 0 atom stereocenters. The van der Waals surface area contributed by atoms with Gasteiger partial charge in [0.05, 0.1) is 6.42 Å². The minimum Gasteiger partial charge on any atom is -0.361 e. The third-order valence-electron chi connectivity index (χ3n) is 3.71. The van der Waals surface area contributed by atoms with Crippen molar-refractivity contribution < 1.29 is 4.79 Å². The summed E-state index contributed by atoms with van der Waals surface area (Å²) >= 11 is 0. The van der Waals surface area contributed by atoms with Crippen molar-refractivity contribution >= 4 is 16.8 Å². The lowest BCUT2D eigenvalue weighted by Crippen LogP contribution is -2.29. The summed E-state index contributed by atoms with van der Waals surface area (Å²) in [6, 6.07) is 8.82. The first kappa shape index (κ1) is 13.2. The Morgan fingerprint density at radius 1 is 1.25 bits per heavy atom. The Labute approximate surface area is 118 Å². The number of fused-ring (bicyclic) bond motifs is 1. The van der Waals surface area contributed by atoms with Crippen molar-refractivity contribution in [2.45, 2.75) is 31.7 Å². The largest absolute Gasteiger partial charge is 0.361 e. The fourth-order valence-corrected chi connectivity index (χ4v) is 2.42. The van der Waals surface area contributed by atoms with Crippen molar-refractivity contribution in [1.29, 1.82) is 0 Å². The van der Waals surface area contributed by atoms with Gasteiger partial charge in [0.15, 0.2) is 0 Å². The summed E-state index contributed by atoms with van der Waals surface area (Å²) in [7, 11) is 0. The van der Waals surface area contributed by atoms with E-state index in [2.05, 4.69) is 15.6 Å². The van der Waals surface area contributed by atoms with E-state index < -0.39 is 0 Å². The van der Waals surface area contributed by atoms with Gasteiger partial charge in [0, 0.05) is 29.7 Å². The summed E-state index contributed by atoms with van der Waals surface area (Å²) < 4.78 is 0. The molecule has 3 N–H and O–H groups in total. The zero-order chi connectivity index (χ0) is 13.8. The van der Waals surface area contributed by atoms with Gasteiger partial charge in [-0.25, -0.2) is 0 Å². The van der Waals surface area contributed by atoms with Crippen LogP contribution in [0.1, 0.15) is 24.8 Å². The highest BCUT2D eigenvalue weighted by Crippen LogP contribution is 2.18. The maximum Gasteiger partial charge on any atom is 0.224 e. The van der Waals surface area contributed by atoms with Crippen molar-refractivity contribution in [1.82, 2.24) is 15.6 Å². The Kier molecular flexibility index (Phi) is 4.02. The van der Waals surface area contributed by atoms with Gasteiger partial charge in [-0.05, 0) is 37.4 Å². The highest BCUT2D eigenvalue weighted by atomic mass is 16.1. The standard InChI is InChI=1S/C16H21N3O/c20-16(18-9-3-8-17-13-6-7-13)10-12-11-19-15-5-2-1-4-14(12)15/h1-2,4-5,11,13,17,19H,3,6-10H2,(H,18,20). The summed E-state index contributed by atoms with van der Waals surface area (Å²) in [6.07, 6.45) is 5.99. The van der Waals surface area contributed by atoms with Crippen molar-refractivity contribution in [2.24, 2.45) is 0 Å². The number of benzene rings is 1. The van der Waals surface area contributed by atoms with Gasteiger partial charge < -0.3 is 15.6 Å². The van der Waals surface area contributed by atoms with E-state index in [-0.39, 0.29) is 5.91 Å². The molecule has 0 bridgehead atoms. The molecule has 1 aromatic heterocycles. The Morgan fingerprint density at radius 2 is 2.10 bits per heavy atom. The minimum absolute atomic E-state index is 0.0983. The van der Waals surface area contributed by atoms with Crippen LogP contribution in [0.5, 0.6) is 0 Å². The monoisotopic (exact) mass is 271 g/mol. The van der Waals surface area contributed by atoms with Crippen molar-refractivity contribution in [3.63, 3.8) is 0 Å². The minimum atomic E-state index is 0.0983. The summed E-state index contributed by atoms with van der Waals surface area (Å²) in [4.78, 5) is 15.1. The number of carbonyl (C=O) groups is 1. The van der Waals surface area contributed by atoms with Crippen LogP contribution in [0.4, 0.5) is 0 Å². The van der Waals surface area contributed by atoms with E-state index in [1.807, 2.05) is 30.5 Å². The van der Waals surface area contributed by atoms with Crippen molar-refractivity contribution in [3.8, 4) is 0 Å². The Balaban J connectivity index is 1.43. The summed E-state index contributed by atoms with van der Waals surface area (Å²) in [6.45, 7) is 1.75. The van der Waals surface area contributed by atoms with Crippen LogP contribution in [-0.2, 0) is 11.2 Å². The molecule has 1 aliphatic carbocycles. The molecule has 0 spiro atoms. The molecule has 1 fully saturated rings. The predicted octanol–water partition coefficient (Wildman–Crippen LogP) is 1.97. The molecule has 3 rings (SSSR count). The number of rotatable bonds is 7. The lowest BCUT2D eigenvalue weighted by molar-refractivity contribution is -0.120. The Bertz CT molecular complexity index is 586. The number of para-hydroxylation sites is 1. The van der Waals surface area contributed by atoms with Crippen LogP contribution in [-0.4, -0.2) is 30.0 Å². The second-order valence-corrected chi connectivity index (χ2v) is 5.47. The highest BCUT2D eigenvalue weighted by molar-refractivity contribution is 5.88. The third-order valence-corrected chi connectivity index (χ3v) is 3.71. The molecule has 1 amide bonds. The maximum atomic E-state index is 11.9. The molecular weight excluding hydrogens is 250 g/mol. The highest BCUT2D eigenvalue weighted by Gasteiger charge is 2.19. The molecule has 4 nitrogen and oxygen atoms in total. The number of aromatic nitrogens is 1. The quantitative estimate of drug-likeness (QED) is 0.674. The third kappa shape index (κ3) is 3.39. The van der Waals surface area contributed by atoms with Gasteiger partial charge in [0.25, 0.3) is 0 Å². The number of hydrogen-bond acceptors (Lipinski definition) is 2. The SMILES string of the molecule is O=C(Cc1c[nH]c2ccccc12)NCCCNC1CC1. The Hall–Kier alpha value is -1.81. The zero-order valence-corrected chi connectivity index (χ0v) is 11.6. The molecule has 1 heterocycles. The molecule has 0 saturated heterocycles. The van der Waals surface area contributed by atoms with Crippen LogP contribution in [0.25, 0.3) is 10.9 Å². The number of aromatic amines is 1. The van der Waals surface area contributed by atoms with E-state index in [0.717, 1.165) is 42.0 Å². The molecule has 1 saturated carbocycles. The van der Waals surface area contributed by atoms with Crippen molar-refractivity contribution in [3.05, 3.63) is 36.0 Å². The summed E-state index contributed by atoms with van der Waals surface area (Å²) in [5.41, 5.74) is 2.15. The molecule has 0 aliphatic heterocycles. The van der Waals surface area contributed by atoms with Gasteiger partial charge in [-0.2, -0.15) is 0 Å². The lowest BCUT2D eigenvalue weighted by Gasteiger charge is -2.05. The summed E-state index contributed by atoms with van der Waals surface area (Å²) in [5.74, 6) is 0.0983. The van der Waals surface area contributed by atoms with Crippen LogP contribution in [0.3, 0.4) is 0 Å². The number of hydrogen-bond donors (Lipinski definition) is 3. The number of carbonyl (C=O) groups excluding carboxylic acids is 1. The van der Waals surface area contributed by atoms with Crippen LogP contribution < -0.4 is 10.6 Å². The van der Waals surface area contributed by atoms with Crippen LogP contribution >= 0.6 is 0 Å². The van der Waals surface area contributed by atoms with Crippen LogP contribution in [0.15, 0.2) is 30.5 Å². The maximum absolute atomic E-state index is 11.9. The van der Waals surface area contributed by atoms with E-state index in [4.69, 9.17) is 0 Å². The number of amides is 1. The van der Waals surface area contributed by atoms with E-state index in [9.17, 15) is 4.79 Å². The van der Waals surface area contributed by atoms with Gasteiger partial charge in [0.2, 0.25) is 5.91 Å². The van der Waals surface area contributed by atoms with Crippen LogP contribution in [0, 0.1) is 0 Å². The van der Waals surface area contributed by atoms with E-state index in [0.29, 0.717) is 6.42 Å². The second-order valence-electron chi connectivity index (χ2n) is 5.47. The fourth-order valence-electron chi connectivity index (χ4n) is 2.42. The first-order valence-corrected chi connectivity index (χ1v) is 7.38. The van der Waals surface area contributed by atoms with Gasteiger partial charge in [0.1, 0.15) is 0 Å². The molecule has 1 aromatic carbocycles. The molecule has 0 unspecified atom stereocenters. The van der Waals surface area contributed by atoms with E-state index in [1.165, 1.54) is 12.8 Å². The first-order chi connectivity index (χ1) is 9.83. The lowest BCUT2D eigenvalue weighted by atomic mass is 10.1. The molecule has 20 heavy (non-hydrogen) atoms. The normalized spacial score (nSPS) is 14.6. The molecule has 4 heteroatoms. The molecule has 2 aromatic rings. The zero-order valence-electron chi connectivity index (χ0n) is 11.6. The van der Waals surface area contributed by atoms with E-state index >= 15 is 0 Å². The van der Waals surface area contributed by atoms with Crippen LogP contribution in [0.2, 0.25) is 0 Å². The van der Waals surface area contributed by atoms with Gasteiger partial charge >= 0.3 is 0 Å². The first-order valence-electron chi connectivity index (χ1n) is 7.38. The fraction of sp³-hybridized carbons (Fsp3) is 0.438. The van der Waals surface area contributed by atoms with Crippen molar-refractivity contribution in [2.75, 3.05) is 13.1 Å². The smallest absolute Gasteiger partial charge is 0.224 e. The number of nitrogens with one attached hydrogen (secondary N) is 3. The van der Waals surface area contributed by atoms with E-state index in [1.54, 1.807) is 0 Å². The predicted molar refractivity (Wildman–Crippen MR) is 80.7 cm³/mol. The molecule has 106 valence electrons. The van der Waals surface area contributed by atoms with Gasteiger partial charge in [-0.3, -0.25) is 4.79 Å². The van der Waals surface area contributed by atoms with Gasteiger partial charge in [-0.15, -0.1) is 0 Å². The second kappa shape index (κ2) is 6.09. The average Bonchev–Trinajstić information content (AvgIpc) is 3.20. The van der Waals surface area contributed by atoms with Gasteiger partial charge in [-0.1, -0.05) is 18.2 Å². The molecular formula is C16H21N3O. The summed E-state index contributed by atoms with van der Waals surface area (Å²) in [5, 5.41) is 7.57. The Morgan fingerprint density at radius 3 is 2.95 bits per heavy atom.